The number of aliphatic hydroxyl groups is 5. The molecule has 4 heterocycles. The van der Waals surface area contributed by atoms with Crippen LogP contribution < -0.4 is 20.9 Å². The van der Waals surface area contributed by atoms with Gasteiger partial charge < -0.3 is 69.9 Å². The highest BCUT2D eigenvalue weighted by Gasteiger charge is 2.59. The fraction of sp³-hybridized carbons (Fsp3) is 0.370. The summed E-state index contributed by atoms with van der Waals surface area (Å²) in [4.78, 5) is 37.4. The molecule has 0 radical (unpaired) electrons. The Balaban J connectivity index is 0.000000184. The molecule has 10 N–H and O–H groups in total. The van der Waals surface area contributed by atoms with Crippen molar-refractivity contribution < 1.29 is 49.3 Å². The summed E-state index contributed by atoms with van der Waals surface area (Å²) in [5.41, 5.74) is 13.9. The molecule has 75 heavy (non-hydrogen) atoms. The first kappa shape index (κ1) is 52.9. The van der Waals surface area contributed by atoms with Crippen LogP contribution in [-0.4, -0.2) is 121 Å². The maximum absolute atomic E-state index is 12.0. The Labute approximate surface area is 434 Å². The third-order valence-corrected chi connectivity index (χ3v) is 16.9. The molecule has 8 atom stereocenters. The molecule has 4 aromatic heterocycles. The van der Waals surface area contributed by atoms with Crippen molar-refractivity contribution in [1.29, 1.82) is 0 Å². The Bertz CT molecular complexity index is 3120. The summed E-state index contributed by atoms with van der Waals surface area (Å²) in [5.74, 6) is -0.777. The summed E-state index contributed by atoms with van der Waals surface area (Å²) in [6.45, 7) is 4.09. The number of nitrogen functional groups attached to an aromatic ring is 2. The topological polar surface area (TPSA) is 298 Å². The van der Waals surface area contributed by atoms with Gasteiger partial charge in [0.1, 0.15) is 24.4 Å². The van der Waals surface area contributed by atoms with Gasteiger partial charge in [0.25, 0.3) is 0 Å². The second kappa shape index (κ2) is 22.9. The van der Waals surface area contributed by atoms with E-state index in [1.165, 1.54) is 6.33 Å². The first-order valence-electron chi connectivity index (χ1n) is 24.8. The predicted octanol–water partition coefficient (Wildman–Crippen LogP) is 4.91. The lowest BCUT2D eigenvalue weighted by Crippen LogP contribution is -2.49. The van der Waals surface area contributed by atoms with E-state index in [2.05, 4.69) is 29.9 Å². The van der Waals surface area contributed by atoms with Crippen LogP contribution in [0.2, 0.25) is 18.6 Å². The lowest BCUT2D eigenvalue weighted by molar-refractivity contribution is -0.109. The SMILES string of the molecule is C[Si](C)(O)[C@H]1C[C@H](n2cnc3c(OCc4ccccc4)nc(N)nc32)[C@](O)(CO)[C@@H]1COCc1ccccc1.Nc1nc(OCc2ccccc2)c2ncn([C@H]3C[C@H](O)[C@@H](COCc4ccccc4)[C@@]3(O)CO)c2n1. The molecular weight excluding hydrogens is 977 g/mol. The molecule has 0 aliphatic heterocycles. The molecule has 0 unspecified atom stereocenters. The number of aliphatic hydroxyl groups excluding tert-OH is 3. The van der Waals surface area contributed by atoms with Crippen molar-refractivity contribution in [2.75, 3.05) is 37.9 Å². The molecule has 2 aliphatic carbocycles. The lowest BCUT2D eigenvalue weighted by atomic mass is 9.88. The zero-order valence-electron chi connectivity index (χ0n) is 41.8. The maximum Gasteiger partial charge on any atom is 0.247 e. The van der Waals surface area contributed by atoms with Crippen LogP contribution in [0.15, 0.2) is 134 Å². The summed E-state index contributed by atoms with van der Waals surface area (Å²) < 4.78 is 27.1. The quantitative estimate of drug-likeness (QED) is 0.0499. The highest BCUT2D eigenvalue weighted by Crippen LogP contribution is 2.55. The minimum atomic E-state index is -2.78. The van der Waals surface area contributed by atoms with Gasteiger partial charge >= 0.3 is 0 Å². The molecule has 2 aliphatic rings. The Morgan fingerprint density at radius 1 is 0.560 bits per heavy atom. The van der Waals surface area contributed by atoms with Crippen LogP contribution in [0.3, 0.4) is 0 Å². The standard InChI is InChI=1S/C28H35N5O5Si.C26H29N5O5/c1-39(2,36)22-13-23(28(35,17-34)21(22)16-37-14-19-9-5-3-6-10-19)33-18-30-24-25(33)31-27(29)32-26(24)38-15-20-11-7-4-8-12-20;27-25-29-23-22(24(30-25)36-13-18-9-5-2-6-10-18)28-16-31(23)21-11-20(33)19(26(21,34)15-32)14-35-12-17-7-3-1-4-8-17/h3-12,18,21-23,34-36H,13-17H2,1-2H3,(H2,29,31,32);1-10,16,19-21,32-34H,11-15H2,(H2,27,29,30)/t21-,22+,23+,28+;19-,20+,21+,26+/m11/s1. The van der Waals surface area contributed by atoms with Gasteiger partial charge in [0.15, 0.2) is 30.6 Å². The fourth-order valence-electron chi connectivity index (χ4n) is 10.5. The molecule has 0 spiro atoms. The summed E-state index contributed by atoms with van der Waals surface area (Å²) >= 11 is 0. The zero-order valence-corrected chi connectivity index (χ0v) is 42.8. The number of ether oxygens (including phenoxy) is 4. The van der Waals surface area contributed by atoms with E-state index >= 15 is 0 Å². The summed E-state index contributed by atoms with van der Waals surface area (Å²) in [5, 5.41) is 55.2. The van der Waals surface area contributed by atoms with Crippen molar-refractivity contribution in [1.82, 2.24) is 39.0 Å². The summed E-state index contributed by atoms with van der Waals surface area (Å²) in [6, 6.07) is 37.3. The van der Waals surface area contributed by atoms with Crippen molar-refractivity contribution in [3.8, 4) is 11.8 Å². The van der Waals surface area contributed by atoms with E-state index in [9.17, 15) is 30.3 Å². The second-order valence-corrected chi connectivity index (χ2v) is 23.9. The number of rotatable bonds is 19. The number of anilines is 2. The molecule has 0 saturated heterocycles. The van der Waals surface area contributed by atoms with Crippen molar-refractivity contribution >= 4 is 42.5 Å². The van der Waals surface area contributed by atoms with Crippen molar-refractivity contribution in [2.45, 2.75) is 87.3 Å². The summed E-state index contributed by atoms with van der Waals surface area (Å²) in [7, 11) is -2.78. The van der Waals surface area contributed by atoms with Gasteiger partial charge in [-0.05, 0) is 53.7 Å². The number of imidazole rings is 2. The molecule has 0 bridgehead atoms. The van der Waals surface area contributed by atoms with Gasteiger partial charge in [0.05, 0.1) is 70.5 Å². The van der Waals surface area contributed by atoms with Gasteiger partial charge in [0.2, 0.25) is 23.7 Å². The Morgan fingerprint density at radius 3 is 1.33 bits per heavy atom. The highest BCUT2D eigenvalue weighted by molar-refractivity contribution is 6.71. The van der Waals surface area contributed by atoms with Crippen LogP contribution in [0.5, 0.6) is 11.8 Å². The van der Waals surface area contributed by atoms with E-state index < -0.39 is 62.8 Å². The number of hydrogen-bond donors (Lipinski definition) is 8. The molecule has 0 amide bonds. The molecular formula is C54H64N10O10Si. The first-order chi connectivity index (χ1) is 36.2. The van der Waals surface area contributed by atoms with E-state index in [0.29, 0.717) is 42.0 Å². The number of nitrogens with zero attached hydrogens (tertiary/aromatic N) is 8. The normalized spacial score (nSPS) is 23.6. The van der Waals surface area contributed by atoms with Gasteiger partial charge in [-0.15, -0.1) is 0 Å². The van der Waals surface area contributed by atoms with Gasteiger partial charge in [-0.2, -0.15) is 19.9 Å². The molecule has 2 saturated carbocycles. The minimum absolute atomic E-state index is 0.00834. The number of nitrogens with two attached hydrogens (primary N) is 2. The highest BCUT2D eigenvalue weighted by atomic mass is 28.4. The average Bonchev–Trinajstić information content (AvgIpc) is 4.19. The Kier molecular flexibility index (Phi) is 16.2. The largest absolute Gasteiger partial charge is 0.471 e. The average molecular weight is 1040 g/mol. The minimum Gasteiger partial charge on any atom is -0.471 e. The number of aromatic nitrogens is 8. The van der Waals surface area contributed by atoms with Crippen LogP contribution in [-0.2, 0) is 35.9 Å². The first-order valence-corrected chi connectivity index (χ1v) is 27.9. The van der Waals surface area contributed by atoms with Crippen molar-refractivity contribution in [2.24, 2.45) is 11.8 Å². The van der Waals surface area contributed by atoms with Crippen LogP contribution in [0.1, 0.15) is 47.2 Å². The van der Waals surface area contributed by atoms with Crippen molar-refractivity contribution in [3.05, 3.63) is 156 Å². The van der Waals surface area contributed by atoms with E-state index in [0.717, 1.165) is 22.3 Å². The van der Waals surface area contributed by atoms with Gasteiger partial charge in [-0.1, -0.05) is 121 Å². The monoisotopic (exact) mass is 1040 g/mol. The van der Waals surface area contributed by atoms with Crippen LogP contribution in [0, 0.1) is 11.8 Å². The van der Waals surface area contributed by atoms with Crippen LogP contribution >= 0.6 is 0 Å². The van der Waals surface area contributed by atoms with E-state index in [1.807, 2.05) is 134 Å². The molecule has 8 aromatic rings. The Morgan fingerprint density at radius 2 is 0.933 bits per heavy atom. The van der Waals surface area contributed by atoms with Gasteiger partial charge in [0, 0.05) is 11.8 Å². The molecule has 20 nitrogen and oxygen atoms in total. The second-order valence-electron chi connectivity index (χ2n) is 19.8. The predicted molar refractivity (Wildman–Crippen MR) is 281 cm³/mol. The van der Waals surface area contributed by atoms with Crippen molar-refractivity contribution in [3.63, 3.8) is 0 Å². The number of benzene rings is 4. The molecule has 21 heteroatoms. The summed E-state index contributed by atoms with van der Waals surface area (Å²) in [6.07, 6.45) is 2.75. The van der Waals surface area contributed by atoms with E-state index in [1.54, 1.807) is 15.5 Å². The number of fused-ring (bicyclic) bond motifs is 2. The van der Waals surface area contributed by atoms with E-state index in [4.69, 9.17) is 30.4 Å². The van der Waals surface area contributed by atoms with E-state index in [-0.39, 0.29) is 62.0 Å². The fourth-order valence-corrected chi connectivity index (χ4v) is 12.7. The maximum atomic E-state index is 12.0. The third-order valence-electron chi connectivity index (χ3n) is 14.5. The molecule has 10 rings (SSSR count). The van der Waals surface area contributed by atoms with Crippen LogP contribution in [0.4, 0.5) is 11.9 Å². The lowest BCUT2D eigenvalue weighted by Gasteiger charge is -2.36. The Hall–Kier alpha value is -6.92. The number of hydrogen-bond acceptors (Lipinski definition) is 18. The molecule has 2 fully saturated rings. The molecule has 394 valence electrons. The third kappa shape index (κ3) is 11.5. The van der Waals surface area contributed by atoms with Gasteiger partial charge in [-0.25, -0.2) is 9.97 Å². The smallest absolute Gasteiger partial charge is 0.247 e. The van der Waals surface area contributed by atoms with Gasteiger partial charge in [-0.3, -0.25) is 0 Å². The molecule has 4 aromatic carbocycles. The van der Waals surface area contributed by atoms with Crippen LogP contribution in [0.25, 0.3) is 22.3 Å². The zero-order chi connectivity index (χ0) is 52.7.